The number of nitrogens with one attached hydrogen (secondary N) is 1. The highest BCUT2D eigenvalue weighted by atomic mass is 32.1. The van der Waals surface area contributed by atoms with Crippen LogP contribution in [0.2, 0.25) is 0 Å². The number of hydrogen-bond acceptors (Lipinski definition) is 6. The molecule has 3 rings (SSSR count). The fourth-order valence-corrected chi connectivity index (χ4v) is 3.20. The van der Waals surface area contributed by atoms with Crippen LogP contribution >= 0.6 is 11.5 Å². The summed E-state index contributed by atoms with van der Waals surface area (Å²) in [4.78, 5) is 29.2. The second kappa shape index (κ2) is 6.71. The van der Waals surface area contributed by atoms with E-state index in [0.717, 1.165) is 21.1 Å². The molecular weight excluding hydrogens is 330 g/mol. The highest BCUT2D eigenvalue weighted by Gasteiger charge is 2.15. The zero-order chi connectivity index (χ0) is 17.1. The quantitative estimate of drug-likeness (QED) is 0.784. The summed E-state index contributed by atoms with van der Waals surface area (Å²) in [6.07, 6.45) is 1.58. The lowest BCUT2D eigenvalue weighted by Gasteiger charge is -2.12. The highest BCUT2D eigenvalue weighted by Crippen LogP contribution is 2.30. The molecule has 24 heavy (non-hydrogen) atoms. The van der Waals surface area contributed by atoms with Crippen molar-refractivity contribution < 1.29 is 14.3 Å². The SMILES string of the molecule is COc1cccc(CNC(=O)n2sc3ncccc3c2=O)c1OC. The van der Waals surface area contributed by atoms with E-state index in [4.69, 9.17) is 9.47 Å². The average molecular weight is 345 g/mol. The number of benzene rings is 1. The summed E-state index contributed by atoms with van der Waals surface area (Å²) in [6.45, 7) is 0.202. The molecular formula is C16H15N3O4S. The zero-order valence-corrected chi connectivity index (χ0v) is 13.9. The van der Waals surface area contributed by atoms with Gasteiger partial charge in [0, 0.05) is 18.3 Å². The Morgan fingerprint density at radius 1 is 1.25 bits per heavy atom. The number of aromatic nitrogens is 2. The molecule has 1 N–H and O–H groups in total. The minimum absolute atomic E-state index is 0.202. The molecule has 0 atom stereocenters. The number of amides is 1. The fourth-order valence-electron chi connectivity index (χ4n) is 2.33. The third kappa shape index (κ3) is 2.83. The first-order valence-corrected chi connectivity index (χ1v) is 7.88. The van der Waals surface area contributed by atoms with Crippen LogP contribution in [-0.2, 0) is 6.54 Å². The van der Waals surface area contributed by atoms with Crippen LogP contribution in [0, 0.1) is 0 Å². The van der Waals surface area contributed by atoms with Gasteiger partial charge in [0.05, 0.1) is 19.6 Å². The van der Waals surface area contributed by atoms with E-state index < -0.39 is 6.03 Å². The Balaban J connectivity index is 1.83. The molecule has 1 amide bonds. The molecule has 8 heteroatoms. The van der Waals surface area contributed by atoms with E-state index in [-0.39, 0.29) is 12.1 Å². The summed E-state index contributed by atoms with van der Waals surface area (Å²) < 4.78 is 11.6. The van der Waals surface area contributed by atoms with Crippen molar-refractivity contribution in [3.05, 3.63) is 52.4 Å². The van der Waals surface area contributed by atoms with Gasteiger partial charge in [-0.1, -0.05) is 12.1 Å². The van der Waals surface area contributed by atoms with Gasteiger partial charge < -0.3 is 14.8 Å². The molecule has 3 aromatic rings. The minimum Gasteiger partial charge on any atom is -0.493 e. The first-order valence-electron chi connectivity index (χ1n) is 7.11. The normalized spacial score (nSPS) is 10.6. The molecule has 0 aliphatic rings. The van der Waals surface area contributed by atoms with Gasteiger partial charge in [0.25, 0.3) is 5.56 Å². The maximum atomic E-state index is 12.3. The number of pyridine rings is 1. The smallest absolute Gasteiger partial charge is 0.338 e. The molecule has 0 unspecified atom stereocenters. The Bertz CT molecular complexity index is 948. The van der Waals surface area contributed by atoms with E-state index in [1.807, 2.05) is 6.07 Å². The first kappa shape index (κ1) is 16.0. The van der Waals surface area contributed by atoms with Gasteiger partial charge in [0.2, 0.25) is 0 Å². The second-order valence-electron chi connectivity index (χ2n) is 4.86. The van der Waals surface area contributed by atoms with E-state index in [1.54, 1.807) is 37.6 Å². The average Bonchev–Trinajstić information content (AvgIpc) is 2.96. The topological polar surface area (TPSA) is 82.5 Å². The van der Waals surface area contributed by atoms with Crippen molar-refractivity contribution >= 4 is 27.8 Å². The lowest BCUT2D eigenvalue weighted by atomic mass is 10.2. The predicted molar refractivity (Wildman–Crippen MR) is 91.1 cm³/mol. The Morgan fingerprint density at radius 2 is 2.08 bits per heavy atom. The van der Waals surface area contributed by atoms with Gasteiger partial charge in [0.15, 0.2) is 11.5 Å². The van der Waals surface area contributed by atoms with Gasteiger partial charge in [-0.05, 0) is 29.7 Å². The van der Waals surface area contributed by atoms with Crippen molar-refractivity contribution in [1.29, 1.82) is 0 Å². The van der Waals surface area contributed by atoms with Gasteiger partial charge in [-0.25, -0.2) is 9.78 Å². The van der Waals surface area contributed by atoms with E-state index in [9.17, 15) is 9.59 Å². The summed E-state index contributed by atoms with van der Waals surface area (Å²) in [5, 5.41) is 3.14. The van der Waals surface area contributed by atoms with Crippen LogP contribution in [0.25, 0.3) is 10.2 Å². The third-order valence-corrected chi connectivity index (χ3v) is 4.48. The Hall–Kier alpha value is -2.87. The van der Waals surface area contributed by atoms with Gasteiger partial charge in [-0.2, -0.15) is 3.96 Å². The maximum absolute atomic E-state index is 12.3. The van der Waals surface area contributed by atoms with Crippen LogP contribution in [0.5, 0.6) is 11.5 Å². The molecule has 0 saturated heterocycles. The van der Waals surface area contributed by atoms with Crippen molar-refractivity contribution in [2.75, 3.05) is 14.2 Å². The van der Waals surface area contributed by atoms with Gasteiger partial charge in [-0.15, -0.1) is 0 Å². The molecule has 0 aliphatic heterocycles. The van der Waals surface area contributed by atoms with Crippen molar-refractivity contribution in [3.8, 4) is 11.5 Å². The largest absolute Gasteiger partial charge is 0.493 e. The van der Waals surface area contributed by atoms with Crippen molar-refractivity contribution in [2.45, 2.75) is 6.54 Å². The van der Waals surface area contributed by atoms with Gasteiger partial charge >= 0.3 is 6.03 Å². The van der Waals surface area contributed by atoms with Gasteiger partial charge in [0.1, 0.15) is 4.83 Å². The number of hydrogen-bond donors (Lipinski definition) is 1. The number of para-hydroxylation sites is 1. The van der Waals surface area contributed by atoms with Crippen LogP contribution in [0.4, 0.5) is 4.79 Å². The molecule has 0 bridgehead atoms. The molecule has 0 saturated carbocycles. The number of carbonyl (C=O) groups excluding carboxylic acids is 1. The molecule has 124 valence electrons. The van der Waals surface area contributed by atoms with Crippen LogP contribution in [0.15, 0.2) is 41.3 Å². The van der Waals surface area contributed by atoms with E-state index in [0.29, 0.717) is 21.7 Å². The number of nitrogens with zero attached hydrogens (tertiary/aromatic N) is 2. The monoisotopic (exact) mass is 345 g/mol. The summed E-state index contributed by atoms with van der Waals surface area (Å²) in [7, 11) is 3.08. The van der Waals surface area contributed by atoms with E-state index in [1.165, 1.54) is 7.11 Å². The molecule has 2 aromatic heterocycles. The van der Waals surface area contributed by atoms with E-state index >= 15 is 0 Å². The van der Waals surface area contributed by atoms with E-state index in [2.05, 4.69) is 10.3 Å². The van der Waals surface area contributed by atoms with Crippen molar-refractivity contribution in [1.82, 2.24) is 14.3 Å². The standard InChI is InChI=1S/C16H15N3O4S/c1-22-12-7-3-5-10(13(12)23-2)9-18-16(21)19-15(20)11-6-4-8-17-14(11)24-19/h3-8H,9H2,1-2H3,(H,18,21). The zero-order valence-electron chi connectivity index (χ0n) is 13.1. The molecule has 1 aromatic carbocycles. The lowest BCUT2D eigenvalue weighted by molar-refractivity contribution is 0.243. The van der Waals surface area contributed by atoms with Crippen molar-refractivity contribution in [2.24, 2.45) is 0 Å². The van der Waals surface area contributed by atoms with Crippen LogP contribution in [-0.4, -0.2) is 29.2 Å². The van der Waals surface area contributed by atoms with Crippen LogP contribution < -0.4 is 20.3 Å². The molecule has 2 heterocycles. The van der Waals surface area contributed by atoms with Gasteiger partial charge in [-0.3, -0.25) is 4.79 Å². The lowest BCUT2D eigenvalue weighted by Crippen LogP contribution is -2.32. The Labute approximate surface area is 141 Å². The fraction of sp³-hybridized carbons (Fsp3) is 0.188. The Kier molecular flexibility index (Phi) is 4.48. The molecule has 0 spiro atoms. The number of rotatable bonds is 4. The summed E-state index contributed by atoms with van der Waals surface area (Å²) in [5.41, 5.74) is 0.371. The minimum atomic E-state index is -0.507. The number of carbonyl (C=O) groups is 1. The molecule has 0 radical (unpaired) electrons. The first-order chi connectivity index (χ1) is 11.7. The summed E-state index contributed by atoms with van der Waals surface area (Å²) in [6, 6.07) is 8.20. The summed E-state index contributed by atoms with van der Waals surface area (Å²) in [5.74, 6) is 1.12. The third-order valence-electron chi connectivity index (χ3n) is 3.46. The van der Waals surface area contributed by atoms with Crippen LogP contribution in [0.3, 0.4) is 0 Å². The summed E-state index contributed by atoms with van der Waals surface area (Å²) >= 11 is 1.01. The maximum Gasteiger partial charge on any atom is 0.338 e. The second-order valence-corrected chi connectivity index (χ2v) is 5.79. The number of methoxy groups -OCH3 is 2. The molecule has 7 nitrogen and oxygen atoms in total. The molecule has 0 aliphatic carbocycles. The Morgan fingerprint density at radius 3 is 2.79 bits per heavy atom. The van der Waals surface area contributed by atoms with Crippen LogP contribution in [0.1, 0.15) is 5.56 Å². The predicted octanol–water partition coefficient (Wildman–Crippen LogP) is 2.23. The number of fused-ring (bicyclic) bond motifs is 1. The molecule has 0 fully saturated rings. The van der Waals surface area contributed by atoms with Crippen molar-refractivity contribution in [3.63, 3.8) is 0 Å². The number of ether oxygens (including phenoxy) is 2. The highest BCUT2D eigenvalue weighted by molar-refractivity contribution is 7.14.